The van der Waals surface area contributed by atoms with E-state index in [9.17, 15) is 13.2 Å². The smallest absolute Gasteiger partial charge is 0.244 e. The standard InChI is InChI=1S/C25H27N3O4S2/c1-20-6-5-9-22(16-20)28(18-21-7-3-2-4-8-21)25(29)19-33-24-11-10-23(17-26-24)34(30,31)27-12-14-32-15-13-27/h2-11,16-17H,12-15,18-19H2,1H3. The molecule has 3 aromatic rings. The van der Waals surface area contributed by atoms with Gasteiger partial charge in [-0.15, -0.1) is 0 Å². The van der Waals surface area contributed by atoms with Crippen LogP contribution in [0.25, 0.3) is 0 Å². The summed E-state index contributed by atoms with van der Waals surface area (Å²) in [7, 11) is -3.59. The number of ether oxygens (including phenoxy) is 1. The predicted molar refractivity (Wildman–Crippen MR) is 133 cm³/mol. The molecule has 34 heavy (non-hydrogen) atoms. The van der Waals surface area contributed by atoms with Gasteiger partial charge in [-0.2, -0.15) is 4.31 Å². The van der Waals surface area contributed by atoms with Crippen molar-refractivity contribution in [2.75, 3.05) is 37.0 Å². The third-order valence-electron chi connectivity index (χ3n) is 5.46. The maximum absolute atomic E-state index is 13.2. The molecule has 0 bridgehead atoms. The molecule has 1 amide bonds. The molecule has 1 aliphatic heterocycles. The summed E-state index contributed by atoms with van der Waals surface area (Å²) in [5, 5.41) is 0.596. The first-order valence-corrected chi connectivity index (χ1v) is 13.4. The van der Waals surface area contributed by atoms with Crippen LogP contribution in [-0.4, -0.2) is 55.7 Å². The van der Waals surface area contributed by atoms with E-state index >= 15 is 0 Å². The van der Waals surface area contributed by atoms with Gasteiger partial charge in [0.05, 0.1) is 30.5 Å². The second-order valence-corrected chi connectivity index (χ2v) is 10.9. The normalized spacial score (nSPS) is 14.6. The highest BCUT2D eigenvalue weighted by atomic mass is 32.2. The fourth-order valence-electron chi connectivity index (χ4n) is 3.64. The monoisotopic (exact) mass is 497 g/mol. The molecule has 0 N–H and O–H groups in total. The third kappa shape index (κ3) is 6.04. The number of aromatic nitrogens is 1. The molecular weight excluding hydrogens is 470 g/mol. The van der Waals surface area contributed by atoms with Crippen LogP contribution in [0.2, 0.25) is 0 Å². The number of aryl methyl sites for hydroxylation is 1. The van der Waals surface area contributed by atoms with Gasteiger partial charge in [0.2, 0.25) is 15.9 Å². The van der Waals surface area contributed by atoms with Crippen molar-refractivity contribution in [3.63, 3.8) is 0 Å². The Bertz CT molecular complexity index is 1210. The van der Waals surface area contributed by atoms with Crippen LogP contribution in [0, 0.1) is 6.92 Å². The minimum atomic E-state index is -3.59. The van der Waals surface area contributed by atoms with E-state index in [2.05, 4.69) is 4.98 Å². The van der Waals surface area contributed by atoms with Crippen molar-refractivity contribution in [1.29, 1.82) is 0 Å². The number of carbonyl (C=O) groups is 1. The lowest BCUT2D eigenvalue weighted by atomic mass is 10.1. The maximum Gasteiger partial charge on any atom is 0.244 e. The number of anilines is 1. The van der Waals surface area contributed by atoms with Gasteiger partial charge in [0, 0.05) is 25.0 Å². The summed E-state index contributed by atoms with van der Waals surface area (Å²) in [4.78, 5) is 19.4. The molecule has 1 fully saturated rings. The van der Waals surface area contributed by atoms with Crippen molar-refractivity contribution >= 4 is 33.4 Å². The topological polar surface area (TPSA) is 79.8 Å². The van der Waals surface area contributed by atoms with Crippen molar-refractivity contribution in [2.45, 2.75) is 23.4 Å². The molecule has 2 heterocycles. The Labute approximate surface area is 204 Å². The minimum absolute atomic E-state index is 0.0498. The van der Waals surface area contributed by atoms with Crippen LogP contribution in [0.4, 0.5) is 5.69 Å². The number of thioether (sulfide) groups is 1. The number of sulfonamides is 1. The second-order valence-electron chi connectivity index (χ2n) is 7.94. The summed E-state index contributed by atoms with van der Waals surface area (Å²) in [6.45, 7) is 3.92. The zero-order valence-corrected chi connectivity index (χ0v) is 20.6. The summed E-state index contributed by atoms with van der Waals surface area (Å²) in [6.07, 6.45) is 1.36. The molecule has 178 valence electrons. The first-order valence-electron chi connectivity index (χ1n) is 11.0. The Kier molecular flexibility index (Phi) is 7.99. The van der Waals surface area contributed by atoms with E-state index in [1.54, 1.807) is 17.0 Å². The molecule has 9 heteroatoms. The number of pyridine rings is 1. The predicted octanol–water partition coefficient (Wildman–Crippen LogP) is 3.74. The SMILES string of the molecule is Cc1cccc(N(Cc2ccccc2)C(=O)CSc2ccc(S(=O)(=O)N3CCOCC3)cn2)c1. The Morgan fingerprint density at radius 2 is 1.82 bits per heavy atom. The molecule has 0 saturated carbocycles. The van der Waals surface area contributed by atoms with E-state index in [1.807, 2.05) is 61.5 Å². The first kappa shape index (κ1) is 24.4. The van der Waals surface area contributed by atoms with Crippen molar-refractivity contribution in [1.82, 2.24) is 9.29 Å². The fraction of sp³-hybridized carbons (Fsp3) is 0.280. The van der Waals surface area contributed by atoms with Crippen LogP contribution in [0.1, 0.15) is 11.1 Å². The molecule has 1 aliphatic rings. The summed E-state index contributed by atoms with van der Waals surface area (Å²) in [6, 6.07) is 20.9. The van der Waals surface area contributed by atoms with Gasteiger partial charge in [0.15, 0.2) is 0 Å². The van der Waals surface area contributed by atoms with Gasteiger partial charge in [-0.25, -0.2) is 13.4 Å². The van der Waals surface area contributed by atoms with Crippen molar-refractivity contribution in [3.8, 4) is 0 Å². The van der Waals surface area contributed by atoms with Crippen LogP contribution >= 0.6 is 11.8 Å². The van der Waals surface area contributed by atoms with Crippen LogP contribution in [0.5, 0.6) is 0 Å². The highest BCUT2D eigenvalue weighted by Gasteiger charge is 2.26. The molecular formula is C25H27N3O4S2. The Hall–Kier alpha value is -2.72. The Morgan fingerprint density at radius 3 is 2.50 bits per heavy atom. The molecule has 0 atom stereocenters. The summed E-state index contributed by atoms with van der Waals surface area (Å²) in [5.41, 5.74) is 2.96. The largest absolute Gasteiger partial charge is 0.379 e. The molecule has 0 unspecified atom stereocenters. The fourth-order valence-corrected chi connectivity index (χ4v) is 5.71. The average Bonchev–Trinajstić information content (AvgIpc) is 2.87. The molecule has 7 nitrogen and oxygen atoms in total. The average molecular weight is 498 g/mol. The number of morpholine rings is 1. The molecule has 1 saturated heterocycles. The molecule has 4 rings (SSSR count). The second kappa shape index (κ2) is 11.1. The highest BCUT2D eigenvalue weighted by Crippen LogP contribution is 2.24. The lowest BCUT2D eigenvalue weighted by molar-refractivity contribution is -0.116. The van der Waals surface area contributed by atoms with Gasteiger partial charge in [0.25, 0.3) is 0 Å². The van der Waals surface area contributed by atoms with E-state index in [0.717, 1.165) is 16.8 Å². The molecule has 0 aliphatic carbocycles. The van der Waals surface area contributed by atoms with Gasteiger partial charge >= 0.3 is 0 Å². The molecule has 1 aromatic heterocycles. The third-order valence-corrected chi connectivity index (χ3v) is 8.27. The number of benzene rings is 2. The summed E-state index contributed by atoms with van der Waals surface area (Å²) < 4.78 is 32.2. The van der Waals surface area contributed by atoms with Crippen molar-refractivity contribution in [3.05, 3.63) is 84.1 Å². The van der Waals surface area contributed by atoms with E-state index in [4.69, 9.17) is 4.74 Å². The van der Waals surface area contributed by atoms with Gasteiger partial charge < -0.3 is 9.64 Å². The van der Waals surface area contributed by atoms with E-state index in [-0.39, 0.29) is 16.6 Å². The zero-order valence-electron chi connectivity index (χ0n) is 19.0. The zero-order chi connectivity index (χ0) is 24.0. The van der Waals surface area contributed by atoms with E-state index < -0.39 is 10.0 Å². The Balaban J connectivity index is 1.45. The molecule has 0 radical (unpaired) electrons. The number of nitrogens with zero attached hydrogens (tertiary/aromatic N) is 3. The van der Waals surface area contributed by atoms with Crippen LogP contribution < -0.4 is 4.90 Å². The Morgan fingerprint density at radius 1 is 1.06 bits per heavy atom. The van der Waals surface area contributed by atoms with Crippen molar-refractivity contribution in [2.24, 2.45) is 0 Å². The van der Waals surface area contributed by atoms with Crippen LogP contribution in [-0.2, 0) is 26.1 Å². The number of hydrogen-bond acceptors (Lipinski definition) is 6. The highest BCUT2D eigenvalue weighted by molar-refractivity contribution is 7.99. The molecule has 0 spiro atoms. The van der Waals surface area contributed by atoms with E-state index in [0.29, 0.717) is 37.9 Å². The van der Waals surface area contributed by atoms with Crippen molar-refractivity contribution < 1.29 is 17.9 Å². The lowest BCUT2D eigenvalue weighted by Crippen LogP contribution is -2.40. The van der Waals surface area contributed by atoms with Gasteiger partial charge in [-0.1, -0.05) is 54.2 Å². The number of rotatable bonds is 8. The number of carbonyl (C=O) groups excluding carboxylic acids is 1. The number of hydrogen-bond donors (Lipinski definition) is 0. The molecule has 2 aromatic carbocycles. The lowest BCUT2D eigenvalue weighted by Gasteiger charge is -2.25. The first-order chi connectivity index (χ1) is 16.4. The number of amides is 1. The summed E-state index contributed by atoms with van der Waals surface area (Å²) >= 11 is 1.29. The maximum atomic E-state index is 13.2. The van der Waals surface area contributed by atoms with Gasteiger partial charge in [-0.05, 0) is 42.3 Å². The summed E-state index contributed by atoms with van der Waals surface area (Å²) in [5.74, 6) is 0.134. The van der Waals surface area contributed by atoms with Gasteiger partial charge in [-0.3, -0.25) is 4.79 Å². The minimum Gasteiger partial charge on any atom is -0.379 e. The van der Waals surface area contributed by atoms with Crippen LogP contribution in [0.15, 0.2) is 82.8 Å². The van der Waals surface area contributed by atoms with E-state index in [1.165, 1.54) is 22.3 Å². The quantitative estimate of drug-likeness (QED) is 0.441. The van der Waals surface area contributed by atoms with Gasteiger partial charge in [0.1, 0.15) is 4.90 Å². The van der Waals surface area contributed by atoms with Crippen LogP contribution in [0.3, 0.4) is 0 Å².